The van der Waals surface area contributed by atoms with E-state index in [2.05, 4.69) is 37.4 Å². The third-order valence-electron chi connectivity index (χ3n) is 5.38. The first-order valence-corrected chi connectivity index (χ1v) is 11.7. The molecule has 0 aliphatic heterocycles. The first-order chi connectivity index (χ1) is 16.5. The van der Waals surface area contributed by atoms with Crippen LogP contribution in [0.4, 0.5) is 5.95 Å². The summed E-state index contributed by atoms with van der Waals surface area (Å²) in [5.41, 5.74) is 2.18. The molecule has 0 aromatic carbocycles. The summed E-state index contributed by atoms with van der Waals surface area (Å²) in [4.78, 5) is 21.2. The van der Waals surface area contributed by atoms with Crippen LogP contribution in [0, 0.1) is 6.92 Å². The lowest BCUT2D eigenvalue weighted by molar-refractivity contribution is -0.122. The summed E-state index contributed by atoms with van der Waals surface area (Å²) < 4.78 is 6.95. The Morgan fingerprint density at radius 2 is 1.79 bits per heavy atom. The molecule has 0 bridgehead atoms. The monoisotopic (exact) mass is 473 g/mol. The summed E-state index contributed by atoms with van der Waals surface area (Å²) in [5, 5.41) is 27.8. The predicted molar refractivity (Wildman–Crippen MR) is 127 cm³/mol. The molecular formula is C23H35N7O4. The van der Waals surface area contributed by atoms with Gasteiger partial charge in [0.1, 0.15) is 0 Å². The number of nitrogens with zero attached hydrogens (tertiary/aromatic N) is 6. The molecule has 0 unspecified atom stereocenters. The van der Waals surface area contributed by atoms with Gasteiger partial charge in [-0.05, 0) is 18.5 Å². The van der Waals surface area contributed by atoms with Crippen molar-refractivity contribution in [1.29, 1.82) is 0 Å². The summed E-state index contributed by atoms with van der Waals surface area (Å²) in [6.07, 6.45) is 15.0. The van der Waals surface area contributed by atoms with Crippen molar-refractivity contribution in [3.63, 3.8) is 0 Å². The molecule has 1 aliphatic rings. The van der Waals surface area contributed by atoms with E-state index in [-0.39, 0.29) is 12.2 Å². The minimum Gasteiger partial charge on any atom is -0.504 e. The lowest BCUT2D eigenvalue weighted by Crippen LogP contribution is -2.08. The average Bonchev–Trinajstić information content (AvgIpc) is 3.46. The molecule has 3 aromatic rings. The number of carbonyl (C=O) groups is 1. The second kappa shape index (κ2) is 14.6. The van der Waals surface area contributed by atoms with Gasteiger partial charge >= 0.3 is 0 Å². The topological polar surface area (TPSA) is 152 Å². The van der Waals surface area contributed by atoms with Gasteiger partial charge in [-0.25, -0.2) is 9.97 Å². The Bertz CT molecular complexity index is 988. The Balaban J connectivity index is 0.000000383. The maximum absolute atomic E-state index is 9.60. The lowest BCUT2D eigenvalue weighted by atomic mass is 10.0. The molecule has 0 saturated heterocycles. The molecule has 3 N–H and O–H groups in total. The third kappa shape index (κ3) is 8.45. The molecule has 1 fully saturated rings. The summed E-state index contributed by atoms with van der Waals surface area (Å²) >= 11 is 0. The Morgan fingerprint density at radius 1 is 1.15 bits per heavy atom. The number of aromatic hydroxyl groups is 1. The van der Waals surface area contributed by atoms with Crippen molar-refractivity contribution in [3.05, 3.63) is 29.7 Å². The molecule has 11 nitrogen and oxygen atoms in total. The van der Waals surface area contributed by atoms with Crippen molar-refractivity contribution in [1.82, 2.24) is 29.9 Å². The number of anilines is 1. The highest BCUT2D eigenvalue weighted by Crippen LogP contribution is 2.23. The first-order valence-electron chi connectivity index (χ1n) is 11.7. The predicted octanol–water partition coefficient (Wildman–Crippen LogP) is 4.27. The van der Waals surface area contributed by atoms with Crippen molar-refractivity contribution in [2.24, 2.45) is 7.05 Å². The van der Waals surface area contributed by atoms with Crippen LogP contribution in [-0.4, -0.2) is 46.6 Å². The molecule has 0 amide bonds. The third-order valence-corrected chi connectivity index (χ3v) is 5.38. The van der Waals surface area contributed by atoms with Crippen LogP contribution < -0.4 is 5.32 Å². The number of hydrogen-bond donors (Lipinski definition) is 3. The van der Waals surface area contributed by atoms with E-state index >= 15 is 0 Å². The largest absolute Gasteiger partial charge is 0.504 e. The molecule has 186 valence electrons. The minimum absolute atomic E-state index is 0.0683. The molecule has 0 spiro atoms. The van der Waals surface area contributed by atoms with E-state index in [4.69, 9.17) is 14.4 Å². The van der Waals surface area contributed by atoms with E-state index in [9.17, 15) is 5.11 Å². The zero-order valence-electron chi connectivity index (χ0n) is 20.2. The zero-order valence-corrected chi connectivity index (χ0v) is 20.2. The van der Waals surface area contributed by atoms with Crippen LogP contribution in [0.3, 0.4) is 0 Å². The zero-order chi connectivity index (χ0) is 24.8. The van der Waals surface area contributed by atoms with Gasteiger partial charge < -0.3 is 20.1 Å². The smallest absolute Gasteiger partial charge is 0.290 e. The standard InChI is InChI=1S/C16H21N7O2.C6H12.CH2O2/c1-4-5-6-14-21-16(22-25-14)18-8-12-11(7-19-23(12)3)15-17-9-13(24)10(2)20-15;1-2-4-6-5-3-1;2-1-3/h7,9,24H,4-6,8H2,1-3H3,(H,18,22);1-6H2;1H,(H,2,3). The Hall–Kier alpha value is -3.50. The average molecular weight is 474 g/mol. The van der Waals surface area contributed by atoms with Gasteiger partial charge in [-0.15, -0.1) is 0 Å². The van der Waals surface area contributed by atoms with Gasteiger partial charge in [0.15, 0.2) is 11.6 Å². The van der Waals surface area contributed by atoms with Crippen LogP contribution in [-0.2, 0) is 24.8 Å². The molecule has 0 atom stereocenters. The second-order valence-corrected chi connectivity index (χ2v) is 7.99. The SMILES string of the molecule is C1CCCCC1.CCCCc1nc(NCc2c(-c3ncc(O)c(C)n3)cnn2C)no1.O=CO. The Kier molecular flexibility index (Phi) is 11.5. The van der Waals surface area contributed by atoms with Gasteiger partial charge in [0, 0.05) is 13.5 Å². The molecule has 34 heavy (non-hydrogen) atoms. The molecule has 1 saturated carbocycles. The van der Waals surface area contributed by atoms with Gasteiger partial charge in [0.05, 0.1) is 35.9 Å². The number of aryl methyl sites for hydroxylation is 3. The van der Waals surface area contributed by atoms with Crippen molar-refractivity contribution in [2.75, 3.05) is 5.32 Å². The number of unbranched alkanes of at least 4 members (excludes halogenated alkanes) is 1. The number of aromatic nitrogens is 6. The highest BCUT2D eigenvalue weighted by molar-refractivity contribution is 5.58. The van der Waals surface area contributed by atoms with E-state index in [1.54, 1.807) is 17.8 Å². The summed E-state index contributed by atoms with van der Waals surface area (Å²) in [6.45, 7) is 4.04. The van der Waals surface area contributed by atoms with Crippen molar-refractivity contribution in [2.45, 2.75) is 78.2 Å². The summed E-state index contributed by atoms with van der Waals surface area (Å²) in [6, 6.07) is 0. The second-order valence-electron chi connectivity index (χ2n) is 7.99. The normalized spacial score (nSPS) is 12.7. The van der Waals surface area contributed by atoms with Gasteiger partial charge in [-0.1, -0.05) is 51.9 Å². The van der Waals surface area contributed by atoms with Gasteiger partial charge in [-0.3, -0.25) is 9.48 Å². The number of rotatable bonds is 7. The maximum Gasteiger partial charge on any atom is 0.290 e. The highest BCUT2D eigenvalue weighted by atomic mass is 16.5. The van der Waals surface area contributed by atoms with E-state index in [1.807, 2.05) is 7.05 Å². The molecular weight excluding hydrogens is 438 g/mol. The molecule has 1 aliphatic carbocycles. The van der Waals surface area contributed by atoms with E-state index in [0.717, 1.165) is 30.5 Å². The van der Waals surface area contributed by atoms with Crippen molar-refractivity contribution in [3.8, 4) is 17.1 Å². The fourth-order valence-electron chi connectivity index (χ4n) is 3.43. The van der Waals surface area contributed by atoms with Crippen LogP contribution >= 0.6 is 0 Å². The van der Waals surface area contributed by atoms with Crippen LogP contribution in [0.5, 0.6) is 5.75 Å². The van der Waals surface area contributed by atoms with Crippen LogP contribution in [0.15, 0.2) is 16.9 Å². The van der Waals surface area contributed by atoms with E-state index in [0.29, 0.717) is 29.9 Å². The Morgan fingerprint density at radius 3 is 2.38 bits per heavy atom. The Labute approximate surface area is 199 Å². The van der Waals surface area contributed by atoms with Crippen LogP contribution in [0.1, 0.15) is 75.6 Å². The molecule has 11 heteroatoms. The number of carboxylic acid groups (broad SMARTS) is 1. The molecule has 3 aromatic heterocycles. The fraction of sp³-hybridized carbons (Fsp3) is 0.565. The van der Waals surface area contributed by atoms with Gasteiger partial charge in [0.25, 0.3) is 12.4 Å². The van der Waals surface area contributed by atoms with Crippen molar-refractivity contribution < 1.29 is 19.5 Å². The summed E-state index contributed by atoms with van der Waals surface area (Å²) in [7, 11) is 1.84. The van der Waals surface area contributed by atoms with Crippen LogP contribution in [0.2, 0.25) is 0 Å². The number of hydrogen-bond acceptors (Lipinski definition) is 9. The maximum atomic E-state index is 9.60. The minimum atomic E-state index is -0.250. The van der Waals surface area contributed by atoms with E-state index in [1.165, 1.54) is 44.7 Å². The quantitative estimate of drug-likeness (QED) is 0.424. The van der Waals surface area contributed by atoms with Crippen LogP contribution in [0.25, 0.3) is 11.4 Å². The van der Waals surface area contributed by atoms with E-state index < -0.39 is 0 Å². The van der Waals surface area contributed by atoms with Gasteiger partial charge in [-0.2, -0.15) is 10.1 Å². The highest BCUT2D eigenvalue weighted by Gasteiger charge is 2.15. The molecule has 0 radical (unpaired) electrons. The van der Waals surface area contributed by atoms with Crippen molar-refractivity contribution >= 4 is 12.4 Å². The fourth-order valence-corrected chi connectivity index (χ4v) is 3.43. The lowest BCUT2D eigenvalue weighted by Gasteiger charge is -2.06. The van der Waals surface area contributed by atoms with Gasteiger partial charge in [0.2, 0.25) is 5.89 Å². The first kappa shape index (κ1) is 26.7. The number of nitrogens with one attached hydrogen (secondary N) is 1. The summed E-state index contributed by atoms with van der Waals surface area (Å²) in [5.74, 6) is 1.66. The molecule has 3 heterocycles. The molecule has 4 rings (SSSR count).